The lowest BCUT2D eigenvalue weighted by Gasteiger charge is -2.11. The van der Waals surface area contributed by atoms with Gasteiger partial charge in [-0.3, -0.25) is 4.79 Å². The molecule has 0 aromatic heterocycles. The van der Waals surface area contributed by atoms with Gasteiger partial charge in [-0.05, 0) is 31.0 Å². The average Bonchev–Trinajstić information content (AvgIpc) is 3.12. The van der Waals surface area contributed by atoms with E-state index < -0.39 is 0 Å². The Morgan fingerprint density at radius 1 is 1.38 bits per heavy atom. The summed E-state index contributed by atoms with van der Waals surface area (Å²) in [5.41, 5.74) is 0.582. The van der Waals surface area contributed by atoms with Crippen LogP contribution in [0.15, 0.2) is 18.2 Å². The van der Waals surface area contributed by atoms with Crippen LogP contribution in [0.1, 0.15) is 23.2 Å². The second-order valence-electron chi connectivity index (χ2n) is 3.76. The summed E-state index contributed by atoms with van der Waals surface area (Å²) in [6.45, 7) is 0. The van der Waals surface area contributed by atoms with Gasteiger partial charge in [-0.25, -0.2) is 0 Å². The van der Waals surface area contributed by atoms with Crippen molar-refractivity contribution in [2.45, 2.75) is 18.9 Å². The number of carbonyl (C=O) groups is 1. The van der Waals surface area contributed by atoms with Crippen molar-refractivity contribution in [1.82, 2.24) is 5.32 Å². The predicted molar refractivity (Wildman–Crippen MR) is 60.0 cm³/mol. The minimum absolute atomic E-state index is 0.122. The van der Waals surface area contributed by atoms with E-state index in [0.717, 1.165) is 12.8 Å². The summed E-state index contributed by atoms with van der Waals surface area (Å²) in [5.74, 6) is 1.19. The van der Waals surface area contributed by atoms with Crippen LogP contribution in [0.25, 0.3) is 0 Å². The molecular weight excluding hydrogens is 206 g/mol. The van der Waals surface area contributed by atoms with Gasteiger partial charge in [0.2, 0.25) is 0 Å². The summed E-state index contributed by atoms with van der Waals surface area (Å²) < 4.78 is 10.9. The fraction of sp³-hybridized carbons (Fsp3) is 0.417. The van der Waals surface area contributed by atoms with E-state index >= 15 is 0 Å². The summed E-state index contributed by atoms with van der Waals surface area (Å²) in [4.78, 5) is 11.5. The van der Waals surface area contributed by atoms with E-state index in [4.69, 9.17) is 9.47 Å². The van der Waals surface area contributed by atoms with E-state index in [2.05, 4.69) is 5.32 Å². The number of hydrogen-bond donors (Lipinski definition) is 1. The van der Waals surface area contributed by atoms with Crippen molar-refractivity contribution in [2.75, 3.05) is 14.2 Å². The van der Waals surface area contributed by atoms with Gasteiger partial charge in [-0.1, -0.05) is 0 Å². The molecule has 1 fully saturated rings. The molecule has 0 bridgehead atoms. The van der Waals surface area contributed by atoms with Gasteiger partial charge in [0.25, 0.3) is 5.91 Å². The van der Waals surface area contributed by atoms with E-state index in [0.29, 0.717) is 17.1 Å². The molecule has 0 radical (unpaired) electrons. The lowest BCUT2D eigenvalue weighted by Crippen LogP contribution is -2.17. The largest absolute Gasteiger partial charge is 0.493 e. The van der Waals surface area contributed by atoms with Gasteiger partial charge in [0.05, 0.1) is 13.2 Å². The first-order chi connectivity index (χ1) is 7.74. The minimum atomic E-state index is -0.122. The lowest BCUT2D eigenvalue weighted by molar-refractivity contribution is 0.0962. The highest BCUT2D eigenvalue weighted by atomic mass is 16.5. The lowest BCUT2D eigenvalue weighted by atomic mass is 10.2. The first-order valence-corrected chi connectivity index (χ1v) is 5.31. The molecule has 86 valence electrons. The Morgan fingerprint density at radius 2 is 2.12 bits per heavy atom. The quantitative estimate of drug-likeness (QED) is 0.840. The maximum atomic E-state index is 11.5. The Labute approximate surface area is 94.6 Å². The van der Waals surface area contributed by atoms with Crippen molar-refractivity contribution in [2.24, 2.45) is 0 Å². The standard InChI is InChI=1S/C12H15NO3/c1-13-12(14)8-3-6-10(15-2)11(7-8)16-9-4-5-9/h3,6-7,9H,4-5H2,1-2H3,(H,13,14). The topological polar surface area (TPSA) is 47.6 Å². The molecule has 0 heterocycles. The van der Waals surface area contributed by atoms with Crippen molar-refractivity contribution in [1.29, 1.82) is 0 Å². The average molecular weight is 221 g/mol. The second kappa shape index (κ2) is 4.43. The fourth-order valence-corrected chi connectivity index (χ4v) is 1.42. The summed E-state index contributed by atoms with van der Waals surface area (Å²) in [7, 11) is 3.20. The minimum Gasteiger partial charge on any atom is -0.493 e. The molecule has 0 atom stereocenters. The van der Waals surface area contributed by atoms with E-state index in [9.17, 15) is 4.79 Å². The summed E-state index contributed by atoms with van der Waals surface area (Å²) >= 11 is 0. The van der Waals surface area contributed by atoms with Gasteiger partial charge < -0.3 is 14.8 Å². The maximum Gasteiger partial charge on any atom is 0.251 e. The van der Waals surface area contributed by atoms with Crippen molar-refractivity contribution in [3.8, 4) is 11.5 Å². The Bertz CT molecular complexity index is 399. The number of carbonyl (C=O) groups excluding carboxylic acids is 1. The van der Waals surface area contributed by atoms with Crippen LogP contribution in [-0.2, 0) is 0 Å². The summed E-state index contributed by atoms with van der Waals surface area (Å²) in [6, 6.07) is 5.19. The smallest absolute Gasteiger partial charge is 0.251 e. The highest BCUT2D eigenvalue weighted by Gasteiger charge is 2.25. The molecule has 1 aromatic rings. The fourth-order valence-electron chi connectivity index (χ4n) is 1.42. The number of hydrogen-bond acceptors (Lipinski definition) is 3. The molecule has 1 saturated carbocycles. The molecule has 0 saturated heterocycles. The van der Waals surface area contributed by atoms with Crippen LogP contribution in [0.4, 0.5) is 0 Å². The van der Waals surface area contributed by atoms with Crippen LogP contribution in [-0.4, -0.2) is 26.2 Å². The zero-order valence-corrected chi connectivity index (χ0v) is 9.45. The Hall–Kier alpha value is -1.71. The third-order valence-electron chi connectivity index (χ3n) is 2.47. The van der Waals surface area contributed by atoms with Crippen molar-refractivity contribution in [3.63, 3.8) is 0 Å². The van der Waals surface area contributed by atoms with E-state index in [1.807, 2.05) is 0 Å². The van der Waals surface area contributed by atoms with Crippen LogP contribution >= 0.6 is 0 Å². The number of rotatable bonds is 4. The molecule has 1 aromatic carbocycles. The van der Waals surface area contributed by atoms with Gasteiger partial charge in [-0.2, -0.15) is 0 Å². The number of benzene rings is 1. The molecule has 0 aliphatic heterocycles. The van der Waals surface area contributed by atoms with E-state index in [-0.39, 0.29) is 12.0 Å². The van der Waals surface area contributed by atoms with Gasteiger partial charge >= 0.3 is 0 Å². The summed E-state index contributed by atoms with van der Waals surface area (Å²) in [6.07, 6.45) is 2.44. The Kier molecular flexibility index (Phi) is 2.99. The molecular formula is C12H15NO3. The molecule has 1 aliphatic carbocycles. The highest BCUT2D eigenvalue weighted by Crippen LogP contribution is 2.34. The second-order valence-corrected chi connectivity index (χ2v) is 3.76. The molecule has 1 amide bonds. The highest BCUT2D eigenvalue weighted by molar-refractivity contribution is 5.94. The normalized spacial score (nSPS) is 14.4. The Balaban J connectivity index is 2.25. The zero-order chi connectivity index (χ0) is 11.5. The molecule has 1 N–H and O–H groups in total. The molecule has 0 spiro atoms. The molecule has 0 unspecified atom stereocenters. The first kappa shape index (κ1) is 10.8. The molecule has 4 heteroatoms. The van der Waals surface area contributed by atoms with Gasteiger partial charge in [-0.15, -0.1) is 0 Å². The number of nitrogens with one attached hydrogen (secondary N) is 1. The van der Waals surface area contributed by atoms with Crippen LogP contribution in [0.2, 0.25) is 0 Å². The van der Waals surface area contributed by atoms with Crippen LogP contribution < -0.4 is 14.8 Å². The van der Waals surface area contributed by atoms with Crippen LogP contribution in [0, 0.1) is 0 Å². The summed E-state index contributed by atoms with van der Waals surface area (Å²) in [5, 5.41) is 2.58. The monoisotopic (exact) mass is 221 g/mol. The molecule has 2 rings (SSSR count). The molecule has 1 aliphatic rings. The van der Waals surface area contributed by atoms with Crippen LogP contribution in [0.5, 0.6) is 11.5 Å². The number of methoxy groups -OCH3 is 1. The van der Waals surface area contributed by atoms with Crippen molar-refractivity contribution < 1.29 is 14.3 Å². The predicted octanol–water partition coefficient (Wildman–Crippen LogP) is 1.60. The third-order valence-corrected chi connectivity index (χ3v) is 2.47. The van der Waals surface area contributed by atoms with Gasteiger partial charge in [0.1, 0.15) is 0 Å². The maximum absolute atomic E-state index is 11.5. The van der Waals surface area contributed by atoms with Gasteiger partial charge in [0, 0.05) is 12.6 Å². The SMILES string of the molecule is CNC(=O)c1ccc(OC)c(OC2CC2)c1. The molecule has 16 heavy (non-hydrogen) atoms. The first-order valence-electron chi connectivity index (χ1n) is 5.31. The molecule has 4 nitrogen and oxygen atoms in total. The number of ether oxygens (including phenoxy) is 2. The zero-order valence-electron chi connectivity index (χ0n) is 9.45. The Morgan fingerprint density at radius 3 is 2.69 bits per heavy atom. The van der Waals surface area contributed by atoms with Crippen molar-refractivity contribution >= 4 is 5.91 Å². The van der Waals surface area contributed by atoms with Gasteiger partial charge in [0.15, 0.2) is 11.5 Å². The van der Waals surface area contributed by atoms with E-state index in [1.165, 1.54) is 0 Å². The van der Waals surface area contributed by atoms with E-state index in [1.54, 1.807) is 32.4 Å². The van der Waals surface area contributed by atoms with Crippen molar-refractivity contribution in [3.05, 3.63) is 23.8 Å². The van der Waals surface area contributed by atoms with Crippen LogP contribution in [0.3, 0.4) is 0 Å². The third kappa shape index (κ3) is 2.27. The number of amides is 1.